The highest BCUT2D eigenvalue weighted by Gasteiger charge is 2.35. The monoisotopic (exact) mass is 285 g/mol. The molecule has 2 rings (SSSR count). The molecule has 1 aromatic rings. The van der Waals surface area contributed by atoms with Crippen LogP contribution in [0.1, 0.15) is 51.4 Å². The third kappa shape index (κ3) is 3.30. The number of hydrogen-bond donors (Lipinski definition) is 1. The van der Waals surface area contributed by atoms with Gasteiger partial charge in [-0.05, 0) is 12.3 Å². The van der Waals surface area contributed by atoms with Gasteiger partial charge in [0, 0.05) is 24.2 Å². The van der Waals surface area contributed by atoms with Gasteiger partial charge in [-0.25, -0.2) is 0 Å². The lowest BCUT2D eigenvalue weighted by molar-refractivity contribution is -0.0203. The number of rotatable bonds is 4. The summed E-state index contributed by atoms with van der Waals surface area (Å²) in [6.07, 6.45) is -0.153. The maximum absolute atomic E-state index is 6.06. The zero-order chi connectivity index (χ0) is 14.0. The first-order valence-corrected chi connectivity index (χ1v) is 7.87. The van der Waals surface area contributed by atoms with E-state index in [9.17, 15) is 0 Å². The van der Waals surface area contributed by atoms with E-state index in [0.717, 1.165) is 11.5 Å². The molecule has 1 saturated heterocycles. The third-order valence-electron chi connectivity index (χ3n) is 3.25. The van der Waals surface area contributed by atoms with Crippen LogP contribution in [0.5, 0.6) is 0 Å². The zero-order valence-electron chi connectivity index (χ0n) is 12.0. The average Bonchev–Trinajstić information content (AvgIpc) is 2.92. The number of thioether (sulfide) groups is 1. The molecule has 108 valence electrons. The molecule has 0 spiro atoms. The van der Waals surface area contributed by atoms with E-state index < -0.39 is 0 Å². The summed E-state index contributed by atoms with van der Waals surface area (Å²) < 4.78 is 11.2. The van der Waals surface area contributed by atoms with Gasteiger partial charge in [-0.3, -0.25) is 0 Å². The summed E-state index contributed by atoms with van der Waals surface area (Å²) in [6, 6.07) is 0.110. The number of aromatic nitrogens is 2. The summed E-state index contributed by atoms with van der Waals surface area (Å²) in [6.45, 7) is 8.94. The molecule has 0 aliphatic carbocycles. The van der Waals surface area contributed by atoms with Gasteiger partial charge in [0.25, 0.3) is 0 Å². The van der Waals surface area contributed by atoms with Crippen molar-refractivity contribution in [2.75, 3.05) is 18.1 Å². The molecule has 0 saturated carbocycles. The maximum atomic E-state index is 6.06. The molecule has 3 unspecified atom stereocenters. The van der Waals surface area contributed by atoms with Crippen LogP contribution in [0.3, 0.4) is 0 Å². The van der Waals surface area contributed by atoms with Crippen LogP contribution in [0.15, 0.2) is 4.52 Å². The molecule has 6 heteroatoms. The number of nitrogens with two attached hydrogens (primary N) is 1. The molecule has 1 aromatic heterocycles. The van der Waals surface area contributed by atoms with Crippen LogP contribution in [0.25, 0.3) is 0 Å². The summed E-state index contributed by atoms with van der Waals surface area (Å²) in [4.78, 5) is 4.53. The fourth-order valence-electron chi connectivity index (χ4n) is 2.21. The Morgan fingerprint density at radius 3 is 2.74 bits per heavy atom. The van der Waals surface area contributed by atoms with Crippen molar-refractivity contribution in [1.29, 1.82) is 0 Å². The van der Waals surface area contributed by atoms with Gasteiger partial charge in [0.05, 0.1) is 5.92 Å². The van der Waals surface area contributed by atoms with Gasteiger partial charge in [-0.1, -0.05) is 25.9 Å². The zero-order valence-corrected chi connectivity index (χ0v) is 12.9. The van der Waals surface area contributed by atoms with E-state index in [1.165, 1.54) is 0 Å². The molecular formula is C13H23N3O2S. The third-order valence-corrected chi connectivity index (χ3v) is 4.47. The van der Waals surface area contributed by atoms with E-state index in [2.05, 4.69) is 30.9 Å². The Hall–Kier alpha value is -0.590. The van der Waals surface area contributed by atoms with E-state index in [-0.39, 0.29) is 23.5 Å². The van der Waals surface area contributed by atoms with E-state index in [1.54, 1.807) is 0 Å². The number of ether oxygens (including phenoxy) is 1. The smallest absolute Gasteiger partial charge is 0.232 e. The van der Waals surface area contributed by atoms with E-state index in [0.29, 0.717) is 18.3 Å². The molecule has 1 fully saturated rings. The molecule has 0 bridgehead atoms. The van der Waals surface area contributed by atoms with Crippen LogP contribution >= 0.6 is 11.8 Å². The first-order chi connectivity index (χ1) is 8.93. The van der Waals surface area contributed by atoms with Crippen LogP contribution in [-0.4, -0.2) is 34.3 Å². The van der Waals surface area contributed by atoms with Gasteiger partial charge < -0.3 is 15.0 Å². The first-order valence-electron chi connectivity index (χ1n) is 6.72. The van der Waals surface area contributed by atoms with Crippen molar-refractivity contribution in [3.63, 3.8) is 0 Å². The minimum absolute atomic E-state index is 0.0658. The van der Waals surface area contributed by atoms with Crippen molar-refractivity contribution in [1.82, 2.24) is 10.1 Å². The normalized spacial score (nSPS) is 25.7. The summed E-state index contributed by atoms with van der Waals surface area (Å²) in [7, 11) is 0. The molecule has 5 nitrogen and oxygen atoms in total. The van der Waals surface area contributed by atoms with Gasteiger partial charge in [-0.15, -0.1) is 0 Å². The topological polar surface area (TPSA) is 74.2 Å². The lowest BCUT2D eigenvalue weighted by Crippen LogP contribution is -2.27. The molecule has 1 aliphatic rings. The van der Waals surface area contributed by atoms with Crippen molar-refractivity contribution in [2.45, 2.75) is 45.8 Å². The summed E-state index contributed by atoms with van der Waals surface area (Å²) in [5.74, 6) is 3.37. The Morgan fingerprint density at radius 1 is 1.47 bits per heavy atom. The fraction of sp³-hybridized carbons (Fsp3) is 0.846. The molecule has 0 radical (unpaired) electrons. The van der Waals surface area contributed by atoms with Gasteiger partial charge >= 0.3 is 0 Å². The molecule has 19 heavy (non-hydrogen) atoms. The number of nitrogens with zero attached hydrogens (tertiary/aromatic N) is 2. The summed E-state index contributed by atoms with van der Waals surface area (Å²) in [5.41, 5.74) is 6.00. The predicted octanol–water partition coefficient (Wildman–Crippen LogP) is 2.35. The molecule has 3 atom stereocenters. The van der Waals surface area contributed by atoms with Crippen molar-refractivity contribution in [3.8, 4) is 0 Å². The van der Waals surface area contributed by atoms with Crippen LogP contribution < -0.4 is 5.73 Å². The Morgan fingerprint density at radius 2 is 2.21 bits per heavy atom. The van der Waals surface area contributed by atoms with Crippen LogP contribution in [-0.2, 0) is 4.74 Å². The Kier molecular flexibility index (Phi) is 4.53. The molecule has 2 N–H and O–H groups in total. The van der Waals surface area contributed by atoms with Gasteiger partial charge in [0.1, 0.15) is 6.10 Å². The highest BCUT2D eigenvalue weighted by Crippen LogP contribution is 2.36. The highest BCUT2D eigenvalue weighted by molar-refractivity contribution is 7.99. The molecule has 0 amide bonds. The standard InChI is InChI=1S/C13H23N3O2S/c1-5-17-10(13(2,3)4)11-15-12(18-16-11)8-6-19-7-9(8)14/h8-10H,5-7,14H2,1-4H3. The molecule has 1 aliphatic heterocycles. The fourth-order valence-corrected chi connectivity index (χ4v) is 3.49. The second kappa shape index (κ2) is 5.81. The van der Waals surface area contributed by atoms with Crippen LogP contribution in [0, 0.1) is 5.41 Å². The van der Waals surface area contributed by atoms with Crippen molar-refractivity contribution in [3.05, 3.63) is 11.7 Å². The second-order valence-electron chi connectivity index (χ2n) is 6.00. The molecule has 0 aromatic carbocycles. The minimum Gasteiger partial charge on any atom is -0.370 e. The second-order valence-corrected chi connectivity index (χ2v) is 7.07. The average molecular weight is 285 g/mol. The SMILES string of the molecule is CCOC(c1noc(C2CSCC2N)n1)C(C)(C)C. The summed E-state index contributed by atoms with van der Waals surface area (Å²) in [5, 5.41) is 4.10. The Balaban J connectivity index is 2.18. The summed E-state index contributed by atoms with van der Waals surface area (Å²) >= 11 is 1.83. The quantitative estimate of drug-likeness (QED) is 0.915. The van der Waals surface area contributed by atoms with E-state index in [4.69, 9.17) is 15.0 Å². The highest BCUT2D eigenvalue weighted by atomic mass is 32.2. The lowest BCUT2D eigenvalue weighted by atomic mass is 9.88. The van der Waals surface area contributed by atoms with Crippen molar-refractivity contribution in [2.24, 2.45) is 11.1 Å². The van der Waals surface area contributed by atoms with Gasteiger partial charge in [0.15, 0.2) is 0 Å². The predicted molar refractivity (Wildman–Crippen MR) is 76.2 cm³/mol. The van der Waals surface area contributed by atoms with Gasteiger partial charge in [0.2, 0.25) is 11.7 Å². The largest absolute Gasteiger partial charge is 0.370 e. The first kappa shape index (κ1) is 14.8. The Bertz CT molecular complexity index is 416. The van der Waals surface area contributed by atoms with E-state index in [1.807, 2.05) is 18.7 Å². The van der Waals surface area contributed by atoms with Gasteiger partial charge in [-0.2, -0.15) is 16.7 Å². The van der Waals surface area contributed by atoms with E-state index >= 15 is 0 Å². The molecule has 2 heterocycles. The Labute approximate surface area is 118 Å². The van der Waals surface area contributed by atoms with Crippen molar-refractivity contribution >= 4 is 11.8 Å². The lowest BCUT2D eigenvalue weighted by Gasteiger charge is -2.27. The van der Waals surface area contributed by atoms with Crippen molar-refractivity contribution < 1.29 is 9.26 Å². The maximum Gasteiger partial charge on any atom is 0.232 e. The molecular weight excluding hydrogens is 262 g/mol. The number of hydrogen-bond acceptors (Lipinski definition) is 6. The van der Waals surface area contributed by atoms with Crippen LogP contribution in [0.4, 0.5) is 0 Å². The minimum atomic E-state index is -0.153. The van der Waals surface area contributed by atoms with Crippen LogP contribution in [0.2, 0.25) is 0 Å².